The number of para-hydroxylation sites is 1. The highest BCUT2D eigenvalue weighted by molar-refractivity contribution is 5.92. The van der Waals surface area contributed by atoms with Crippen LogP contribution < -0.4 is 0 Å². The van der Waals surface area contributed by atoms with Crippen LogP contribution in [0.15, 0.2) is 24.3 Å². The van der Waals surface area contributed by atoms with Crippen LogP contribution in [-0.2, 0) is 14.2 Å². The molecule has 0 spiro atoms. The van der Waals surface area contributed by atoms with Crippen molar-refractivity contribution < 1.29 is 28.9 Å². The average molecular weight is 240 g/mol. The molecule has 0 radical (unpaired) electrons. The molecule has 1 aromatic carbocycles. The molecule has 0 saturated carbocycles. The van der Waals surface area contributed by atoms with Crippen LogP contribution in [0.2, 0.25) is 0 Å². The number of phenolic OH excluding ortho intramolecular Hbond substituents is 1. The molecule has 1 fully saturated rings. The maximum atomic E-state index is 10.9. The van der Waals surface area contributed by atoms with Crippen molar-refractivity contribution in [3.8, 4) is 5.75 Å². The lowest BCUT2D eigenvalue weighted by molar-refractivity contribution is 0.0597. The molecule has 2 rings (SSSR count). The summed E-state index contributed by atoms with van der Waals surface area (Å²) < 4.78 is 13.0. The van der Waals surface area contributed by atoms with Gasteiger partial charge in [0, 0.05) is 0 Å². The standard InChI is InChI=1S/C8H8O3.C3H4O3/c1-11-8(10)6-4-2-3-5-7(6)9;4-3-5-1-2-6-3/h2-5,9H,1H3;1-2H2. The van der Waals surface area contributed by atoms with E-state index in [4.69, 9.17) is 5.11 Å². The summed E-state index contributed by atoms with van der Waals surface area (Å²) in [6.45, 7) is 0.831. The fraction of sp³-hybridized carbons (Fsp3) is 0.273. The summed E-state index contributed by atoms with van der Waals surface area (Å²) in [7, 11) is 1.27. The Hall–Kier alpha value is -2.24. The smallest absolute Gasteiger partial charge is 0.507 e. The Morgan fingerprint density at radius 1 is 1.29 bits per heavy atom. The summed E-state index contributed by atoms with van der Waals surface area (Å²) >= 11 is 0. The van der Waals surface area contributed by atoms with Crippen molar-refractivity contribution in [2.24, 2.45) is 0 Å². The van der Waals surface area contributed by atoms with Crippen molar-refractivity contribution in [1.82, 2.24) is 0 Å². The first-order valence-corrected chi connectivity index (χ1v) is 4.81. The van der Waals surface area contributed by atoms with Crippen LogP contribution >= 0.6 is 0 Å². The fourth-order valence-electron chi connectivity index (χ4n) is 1.05. The molecule has 1 N–H and O–H groups in total. The highest BCUT2D eigenvalue weighted by Gasteiger charge is 2.09. The van der Waals surface area contributed by atoms with Crippen LogP contribution in [0.1, 0.15) is 10.4 Å². The number of benzene rings is 1. The SMILES string of the molecule is COC(=O)c1ccccc1O.O=C1OCCO1. The Bertz CT molecular complexity index is 393. The van der Waals surface area contributed by atoms with E-state index in [9.17, 15) is 9.59 Å². The second kappa shape index (κ2) is 6.37. The number of carbonyl (C=O) groups is 2. The molecule has 0 aromatic heterocycles. The predicted molar refractivity (Wildman–Crippen MR) is 56.7 cm³/mol. The molecular formula is C11H12O6. The summed E-state index contributed by atoms with van der Waals surface area (Å²) in [5, 5.41) is 9.11. The normalized spacial score (nSPS) is 12.9. The first kappa shape index (κ1) is 12.8. The Morgan fingerprint density at radius 3 is 2.29 bits per heavy atom. The third kappa shape index (κ3) is 4.02. The van der Waals surface area contributed by atoms with Crippen molar-refractivity contribution >= 4 is 12.1 Å². The van der Waals surface area contributed by atoms with Crippen LogP contribution in [0.5, 0.6) is 5.75 Å². The van der Waals surface area contributed by atoms with Crippen LogP contribution in [-0.4, -0.2) is 37.6 Å². The quantitative estimate of drug-likeness (QED) is 0.746. The van der Waals surface area contributed by atoms with E-state index in [1.165, 1.54) is 19.2 Å². The van der Waals surface area contributed by atoms with Gasteiger partial charge in [-0.05, 0) is 12.1 Å². The van der Waals surface area contributed by atoms with Gasteiger partial charge in [-0.2, -0.15) is 0 Å². The average Bonchev–Trinajstić information content (AvgIpc) is 2.81. The van der Waals surface area contributed by atoms with Crippen LogP contribution in [0, 0.1) is 0 Å². The summed E-state index contributed by atoms with van der Waals surface area (Å²) in [4.78, 5) is 20.7. The van der Waals surface area contributed by atoms with Gasteiger partial charge < -0.3 is 19.3 Å². The van der Waals surface area contributed by atoms with Crippen LogP contribution in [0.4, 0.5) is 4.79 Å². The maximum absolute atomic E-state index is 10.9. The van der Waals surface area contributed by atoms with Gasteiger partial charge in [0.1, 0.15) is 24.5 Å². The number of hydrogen-bond donors (Lipinski definition) is 1. The Kier molecular flexibility index (Phi) is 4.80. The maximum Gasteiger partial charge on any atom is 0.508 e. The zero-order valence-electron chi connectivity index (χ0n) is 9.21. The molecule has 0 unspecified atom stereocenters. The number of hydrogen-bond acceptors (Lipinski definition) is 6. The third-order valence-corrected chi connectivity index (χ3v) is 1.83. The van der Waals surface area contributed by atoms with E-state index in [-0.39, 0.29) is 11.3 Å². The summed E-state index contributed by atoms with van der Waals surface area (Å²) in [6, 6.07) is 6.24. The van der Waals surface area contributed by atoms with Gasteiger partial charge in [0.05, 0.1) is 7.11 Å². The van der Waals surface area contributed by atoms with E-state index in [2.05, 4.69) is 14.2 Å². The molecule has 1 saturated heterocycles. The highest BCUT2D eigenvalue weighted by atomic mass is 16.8. The molecule has 1 aliphatic rings. The number of ether oxygens (including phenoxy) is 3. The Labute approximate surface area is 97.7 Å². The van der Waals surface area contributed by atoms with E-state index in [0.29, 0.717) is 13.2 Å². The Balaban J connectivity index is 0.000000202. The summed E-state index contributed by atoms with van der Waals surface area (Å²) in [5.74, 6) is -0.581. The minimum atomic E-state index is -0.546. The molecule has 92 valence electrons. The number of phenols is 1. The number of rotatable bonds is 1. The molecule has 1 heterocycles. The molecule has 1 aromatic rings. The van der Waals surface area contributed by atoms with Crippen molar-refractivity contribution in [3.05, 3.63) is 29.8 Å². The number of methoxy groups -OCH3 is 1. The van der Waals surface area contributed by atoms with Crippen molar-refractivity contribution in [3.63, 3.8) is 0 Å². The molecule has 6 nitrogen and oxygen atoms in total. The lowest BCUT2D eigenvalue weighted by Crippen LogP contribution is -2.00. The minimum absolute atomic E-state index is 0.0562. The van der Waals surface area contributed by atoms with E-state index in [1.807, 2.05) is 0 Å². The third-order valence-electron chi connectivity index (χ3n) is 1.83. The van der Waals surface area contributed by atoms with E-state index >= 15 is 0 Å². The largest absolute Gasteiger partial charge is 0.508 e. The second-order valence-electron chi connectivity index (χ2n) is 2.96. The molecule has 1 aliphatic heterocycles. The van der Waals surface area contributed by atoms with Gasteiger partial charge in [0.15, 0.2) is 0 Å². The second-order valence-corrected chi connectivity index (χ2v) is 2.96. The molecule has 17 heavy (non-hydrogen) atoms. The lowest BCUT2D eigenvalue weighted by atomic mass is 10.2. The van der Waals surface area contributed by atoms with Crippen molar-refractivity contribution in [1.29, 1.82) is 0 Å². The molecule has 0 amide bonds. The van der Waals surface area contributed by atoms with Gasteiger partial charge in [-0.3, -0.25) is 0 Å². The number of cyclic esters (lactones) is 2. The van der Waals surface area contributed by atoms with Crippen molar-refractivity contribution in [2.45, 2.75) is 0 Å². The van der Waals surface area contributed by atoms with Gasteiger partial charge in [-0.1, -0.05) is 12.1 Å². The van der Waals surface area contributed by atoms with Crippen LogP contribution in [0.3, 0.4) is 0 Å². The topological polar surface area (TPSA) is 82.1 Å². The molecule has 0 bridgehead atoms. The highest BCUT2D eigenvalue weighted by Crippen LogP contribution is 2.15. The zero-order chi connectivity index (χ0) is 12.7. The minimum Gasteiger partial charge on any atom is -0.507 e. The number of esters is 1. The monoisotopic (exact) mass is 240 g/mol. The van der Waals surface area contributed by atoms with Crippen LogP contribution in [0.25, 0.3) is 0 Å². The summed E-state index contributed by atoms with van der Waals surface area (Å²) in [6.07, 6.45) is -0.546. The Morgan fingerprint density at radius 2 is 1.88 bits per heavy atom. The molecular weight excluding hydrogens is 228 g/mol. The molecule has 0 aliphatic carbocycles. The van der Waals surface area contributed by atoms with E-state index in [1.54, 1.807) is 12.1 Å². The van der Waals surface area contributed by atoms with Gasteiger partial charge >= 0.3 is 12.1 Å². The van der Waals surface area contributed by atoms with Gasteiger partial charge in [0.25, 0.3) is 0 Å². The number of aromatic hydroxyl groups is 1. The summed E-state index contributed by atoms with van der Waals surface area (Å²) in [5.41, 5.74) is 0.190. The first-order valence-electron chi connectivity index (χ1n) is 4.81. The van der Waals surface area contributed by atoms with Crippen molar-refractivity contribution in [2.75, 3.05) is 20.3 Å². The van der Waals surface area contributed by atoms with E-state index in [0.717, 1.165) is 0 Å². The van der Waals surface area contributed by atoms with Gasteiger partial charge in [-0.25, -0.2) is 9.59 Å². The molecule has 6 heteroatoms. The van der Waals surface area contributed by atoms with Gasteiger partial charge in [-0.15, -0.1) is 0 Å². The lowest BCUT2D eigenvalue weighted by Gasteiger charge is -1.99. The fourth-order valence-corrected chi connectivity index (χ4v) is 1.05. The molecule has 0 atom stereocenters. The zero-order valence-corrected chi connectivity index (χ0v) is 9.21. The first-order chi connectivity index (χ1) is 8.15. The number of carbonyl (C=O) groups excluding carboxylic acids is 2. The van der Waals surface area contributed by atoms with Gasteiger partial charge in [0.2, 0.25) is 0 Å². The predicted octanol–water partition coefficient (Wildman–Crippen LogP) is 1.33. The van der Waals surface area contributed by atoms with E-state index < -0.39 is 12.1 Å².